The molecule has 0 bridgehead atoms. The zero-order valence-corrected chi connectivity index (χ0v) is 18.5. The van der Waals surface area contributed by atoms with Crippen molar-refractivity contribution in [2.75, 3.05) is 20.1 Å². The van der Waals surface area contributed by atoms with Crippen LogP contribution in [0.2, 0.25) is 0 Å². The van der Waals surface area contributed by atoms with E-state index in [-0.39, 0.29) is 24.0 Å². The van der Waals surface area contributed by atoms with Crippen LogP contribution in [-0.4, -0.2) is 40.8 Å². The van der Waals surface area contributed by atoms with Gasteiger partial charge in [0.2, 0.25) is 0 Å². The Hall–Kier alpha value is -1.61. The molecule has 0 fully saturated rings. The van der Waals surface area contributed by atoms with Crippen molar-refractivity contribution in [3.05, 3.63) is 53.3 Å². The molecule has 2 N–H and O–H groups in total. The molecule has 0 aliphatic heterocycles. The summed E-state index contributed by atoms with van der Waals surface area (Å²) in [6.45, 7) is 8.98. The van der Waals surface area contributed by atoms with E-state index < -0.39 is 0 Å². The minimum atomic E-state index is 0. The molecule has 0 saturated carbocycles. The highest BCUT2D eigenvalue weighted by Gasteiger charge is 2.04. The van der Waals surface area contributed by atoms with Gasteiger partial charge >= 0.3 is 0 Å². The van der Waals surface area contributed by atoms with Crippen molar-refractivity contribution in [3.8, 4) is 0 Å². The molecule has 1 aromatic carbocycles. The van der Waals surface area contributed by atoms with Crippen molar-refractivity contribution >= 4 is 29.9 Å². The maximum atomic E-state index is 4.29. The van der Waals surface area contributed by atoms with Gasteiger partial charge in [-0.2, -0.15) is 5.10 Å². The minimum Gasteiger partial charge on any atom is -0.352 e. The monoisotopic (exact) mass is 470 g/mol. The third-order valence-electron chi connectivity index (χ3n) is 4.33. The van der Waals surface area contributed by atoms with Crippen molar-refractivity contribution in [1.82, 2.24) is 25.3 Å². The summed E-state index contributed by atoms with van der Waals surface area (Å²) in [4.78, 5) is 6.70. The van der Waals surface area contributed by atoms with Gasteiger partial charge in [0.05, 0.1) is 12.2 Å². The summed E-state index contributed by atoms with van der Waals surface area (Å²) in [6, 6.07) is 10.7. The van der Waals surface area contributed by atoms with Gasteiger partial charge in [-0.25, -0.2) is 0 Å². The van der Waals surface area contributed by atoms with Crippen molar-refractivity contribution in [3.63, 3.8) is 0 Å². The molecule has 26 heavy (non-hydrogen) atoms. The molecule has 1 aromatic heterocycles. The Bertz CT molecular complexity index is 678. The van der Waals surface area contributed by atoms with E-state index in [0.717, 1.165) is 37.8 Å². The van der Waals surface area contributed by atoms with Crippen LogP contribution in [0.25, 0.3) is 0 Å². The number of aryl methyl sites for hydroxylation is 1. The van der Waals surface area contributed by atoms with Crippen molar-refractivity contribution in [1.29, 1.82) is 0 Å². The average Bonchev–Trinajstić information content (AvgIpc) is 3.05. The number of aliphatic imine (C=N–C) groups is 1. The molecule has 0 atom stereocenters. The molecule has 1 heterocycles. The number of nitrogens with one attached hydrogen (secondary N) is 2. The summed E-state index contributed by atoms with van der Waals surface area (Å²) in [7, 11) is 3.73. The number of nitrogens with zero attached hydrogens (tertiary/aromatic N) is 4. The lowest BCUT2D eigenvalue weighted by atomic mass is 10.1. The summed E-state index contributed by atoms with van der Waals surface area (Å²) >= 11 is 0. The first kappa shape index (κ1) is 22.4. The lowest BCUT2D eigenvalue weighted by molar-refractivity contribution is 0.296. The minimum absolute atomic E-state index is 0. The van der Waals surface area contributed by atoms with Gasteiger partial charge in [0.25, 0.3) is 0 Å². The van der Waals surface area contributed by atoms with Crippen LogP contribution in [-0.2, 0) is 26.7 Å². The molecule has 2 aromatic rings. The van der Waals surface area contributed by atoms with Crippen molar-refractivity contribution in [2.24, 2.45) is 12.0 Å². The second-order valence-corrected chi connectivity index (χ2v) is 6.01. The van der Waals surface area contributed by atoms with Crippen molar-refractivity contribution in [2.45, 2.75) is 33.5 Å². The quantitative estimate of drug-likeness (QED) is 0.354. The number of benzene rings is 1. The number of rotatable bonds is 8. The zero-order valence-electron chi connectivity index (χ0n) is 16.2. The van der Waals surface area contributed by atoms with E-state index in [9.17, 15) is 0 Å². The first-order valence-corrected chi connectivity index (χ1v) is 8.87. The van der Waals surface area contributed by atoms with E-state index >= 15 is 0 Å². The summed E-state index contributed by atoms with van der Waals surface area (Å²) < 4.78 is 1.86. The maximum absolute atomic E-state index is 4.29. The van der Waals surface area contributed by atoms with E-state index in [4.69, 9.17) is 0 Å². The summed E-state index contributed by atoms with van der Waals surface area (Å²) in [5.41, 5.74) is 3.72. The fourth-order valence-electron chi connectivity index (χ4n) is 2.70. The van der Waals surface area contributed by atoms with Crippen LogP contribution in [0.15, 0.2) is 41.5 Å². The Balaban J connectivity index is 0.00000338. The largest absolute Gasteiger partial charge is 0.352 e. The first-order valence-electron chi connectivity index (χ1n) is 8.87. The van der Waals surface area contributed by atoms with Crippen LogP contribution < -0.4 is 10.6 Å². The molecular formula is C19H31IN6. The molecular weight excluding hydrogens is 439 g/mol. The third-order valence-corrected chi connectivity index (χ3v) is 4.33. The van der Waals surface area contributed by atoms with Crippen LogP contribution in [0.5, 0.6) is 0 Å². The Labute approximate surface area is 174 Å². The number of aromatic nitrogens is 2. The molecule has 0 aliphatic rings. The summed E-state index contributed by atoms with van der Waals surface area (Å²) in [6.07, 6.45) is 1.80. The van der Waals surface area contributed by atoms with Crippen LogP contribution in [0.3, 0.4) is 0 Å². The van der Waals surface area contributed by atoms with Crippen LogP contribution in [0, 0.1) is 0 Å². The van der Waals surface area contributed by atoms with E-state index in [1.807, 2.05) is 17.8 Å². The van der Waals surface area contributed by atoms with Crippen LogP contribution in [0.1, 0.15) is 30.7 Å². The second-order valence-electron chi connectivity index (χ2n) is 6.01. The Morgan fingerprint density at radius 2 is 1.81 bits per heavy atom. The lowest BCUT2D eigenvalue weighted by Crippen LogP contribution is -2.36. The fourth-order valence-corrected chi connectivity index (χ4v) is 2.70. The van der Waals surface area contributed by atoms with Crippen LogP contribution in [0.4, 0.5) is 0 Å². The number of hydrogen-bond acceptors (Lipinski definition) is 3. The molecule has 0 aliphatic carbocycles. The zero-order chi connectivity index (χ0) is 18.1. The van der Waals surface area contributed by atoms with Gasteiger partial charge in [0.15, 0.2) is 5.96 Å². The van der Waals surface area contributed by atoms with Gasteiger partial charge in [0, 0.05) is 33.4 Å². The van der Waals surface area contributed by atoms with E-state index in [2.05, 4.69) is 63.7 Å². The standard InChI is InChI=1S/C19H30N6.HI/c1-5-25(6-2)15-17-9-7-8-16(12-17)13-21-19(20-3)22-14-18-10-11-23-24(18)4;/h7-12H,5-6,13-15H2,1-4H3,(H2,20,21,22);1H. The van der Waals surface area contributed by atoms with Gasteiger partial charge in [0.1, 0.15) is 0 Å². The van der Waals surface area contributed by atoms with E-state index in [1.165, 1.54) is 11.1 Å². The maximum Gasteiger partial charge on any atom is 0.191 e. The number of halogens is 1. The Morgan fingerprint density at radius 1 is 1.12 bits per heavy atom. The molecule has 6 nitrogen and oxygen atoms in total. The Kier molecular flexibility index (Phi) is 10.3. The molecule has 0 unspecified atom stereocenters. The van der Waals surface area contributed by atoms with Gasteiger partial charge < -0.3 is 10.6 Å². The summed E-state index contributed by atoms with van der Waals surface area (Å²) in [5.74, 6) is 0.787. The molecule has 2 rings (SSSR count). The first-order chi connectivity index (χ1) is 12.2. The van der Waals surface area contributed by atoms with E-state index in [0.29, 0.717) is 6.54 Å². The molecule has 0 amide bonds. The lowest BCUT2D eigenvalue weighted by Gasteiger charge is -2.18. The van der Waals surface area contributed by atoms with Crippen LogP contribution >= 0.6 is 24.0 Å². The SMILES string of the molecule is CCN(CC)Cc1cccc(CNC(=NC)NCc2ccnn2C)c1.I. The summed E-state index contributed by atoms with van der Waals surface area (Å²) in [5, 5.41) is 10.9. The van der Waals surface area contributed by atoms with Gasteiger partial charge in [-0.3, -0.25) is 14.6 Å². The Morgan fingerprint density at radius 3 is 2.42 bits per heavy atom. The predicted octanol–water partition coefficient (Wildman–Crippen LogP) is 2.75. The van der Waals surface area contributed by atoms with E-state index in [1.54, 1.807) is 13.2 Å². The highest BCUT2D eigenvalue weighted by Crippen LogP contribution is 2.08. The number of guanidine groups is 1. The predicted molar refractivity (Wildman–Crippen MR) is 119 cm³/mol. The van der Waals surface area contributed by atoms with Gasteiger partial charge in [-0.15, -0.1) is 24.0 Å². The smallest absolute Gasteiger partial charge is 0.191 e. The molecule has 7 heteroatoms. The van der Waals surface area contributed by atoms with Gasteiger partial charge in [-0.05, 0) is 30.3 Å². The fraction of sp³-hybridized carbons (Fsp3) is 0.474. The topological polar surface area (TPSA) is 57.5 Å². The highest BCUT2D eigenvalue weighted by atomic mass is 127. The second kappa shape index (κ2) is 11.9. The third kappa shape index (κ3) is 6.95. The molecule has 0 spiro atoms. The molecule has 0 saturated heterocycles. The highest BCUT2D eigenvalue weighted by molar-refractivity contribution is 14.0. The normalized spacial score (nSPS) is 11.3. The van der Waals surface area contributed by atoms with Crippen molar-refractivity contribution < 1.29 is 0 Å². The van der Waals surface area contributed by atoms with Gasteiger partial charge in [-0.1, -0.05) is 38.1 Å². The average molecular weight is 470 g/mol. The molecule has 0 radical (unpaired) electrons. The number of hydrogen-bond donors (Lipinski definition) is 2. The molecule has 144 valence electrons.